The van der Waals surface area contributed by atoms with Crippen molar-refractivity contribution in [2.75, 3.05) is 20.6 Å². The molecule has 0 saturated heterocycles. The number of pyridine rings is 1. The van der Waals surface area contributed by atoms with Crippen LogP contribution in [-0.4, -0.2) is 40.0 Å². The van der Waals surface area contributed by atoms with Gasteiger partial charge >= 0.3 is 0 Å². The number of benzene rings is 2. The first-order valence-corrected chi connectivity index (χ1v) is 13.3. The summed E-state index contributed by atoms with van der Waals surface area (Å²) in [5, 5.41) is 2.67. The van der Waals surface area contributed by atoms with Crippen LogP contribution < -0.4 is 14.3 Å². The molecule has 0 unspecified atom stereocenters. The highest BCUT2D eigenvalue weighted by Crippen LogP contribution is 2.23. The Labute approximate surface area is 193 Å². The first kappa shape index (κ1) is 24.2. The molecule has 9 nitrogen and oxygen atoms in total. The smallest absolute Gasteiger partial charge is 0.261 e. The molecule has 1 amide bonds. The van der Waals surface area contributed by atoms with Crippen LogP contribution in [0.4, 0.5) is 17.1 Å². The van der Waals surface area contributed by atoms with E-state index in [1.807, 2.05) is 0 Å². The second kappa shape index (κ2) is 10.0. The lowest BCUT2D eigenvalue weighted by Gasteiger charge is -2.30. The zero-order valence-electron chi connectivity index (χ0n) is 18.0. The molecule has 2 aromatic carbocycles. The van der Waals surface area contributed by atoms with Gasteiger partial charge in [-0.05, 0) is 55.0 Å². The number of para-hydroxylation sites is 1. The summed E-state index contributed by atoms with van der Waals surface area (Å²) in [5.74, 6) is -0.532. The van der Waals surface area contributed by atoms with Gasteiger partial charge in [-0.25, -0.2) is 16.8 Å². The molecule has 2 N–H and O–H groups in total. The zero-order chi connectivity index (χ0) is 24.1. The maximum atomic E-state index is 13.0. The number of carbonyl (C=O) groups is 1. The number of nitrogens with one attached hydrogen (secondary N) is 2. The monoisotopic (exact) mass is 488 g/mol. The van der Waals surface area contributed by atoms with Crippen molar-refractivity contribution in [3.05, 3.63) is 79.1 Å². The lowest BCUT2D eigenvalue weighted by atomic mass is 10.2. The van der Waals surface area contributed by atoms with Crippen LogP contribution in [0.1, 0.15) is 13.3 Å². The van der Waals surface area contributed by atoms with E-state index in [9.17, 15) is 21.6 Å². The fourth-order valence-corrected chi connectivity index (χ4v) is 5.47. The number of nitrogens with zero attached hydrogens (tertiary/aromatic N) is 2. The van der Waals surface area contributed by atoms with E-state index in [4.69, 9.17) is 0 Å². The average Bonchev–Trinajstić information content (AvgIpc) is 2.77. The van der Waals surface area contributed by atoms with Crippen molar-refractivity contribution in [3.63, 3.8) is 0 Å². The fourth-order valence-electron chi connectivity index (χ4n) is 3.22. The van der Waals surface area contributed by atoms with Crippen molar-refractivity contribution in [2.45, 2.75) is 24.3 Å². The standard InChI is InChI=1S/C22H24N4O5S2/c1-3-21(26(32(2,28)29)19-9-5-4-6-10-19)22(27)24-17-11-13-20(14-12-17)33(30,31)25-18-8-7-15-23-16-18/h4-16,21,25H,3H2,1-2H3,(H,24,27)/t21-/m1/s1. The van der Waals surface area contributed by atoms with Crippen molar-refractivity contribution < 1.29 is 21.6 Å². The highest BCUT2D eigenvalue weighted by Gasteiger charge is 2.31. The molecule has 1 aromatic heterocycles. The molecule has 0 aliphatic carbocycles. The maximum absolute atomic E-state index is 13.0. The SMILES string of the molecule is CC[C@H](C(=O)Nc1ccc(S(=O)(=O)Nc2cccnc2)cc1)N(c1ccccc1)S(C)(=O)=O. The Hall–Kier alpha value is -3.44. The number of rotatable bonds is 9. The Kier molecular flexibility index (Phi) is 7.34. The number of aromatic nitrogens is 1. The summed E-state index contributed by atoms with van der Waals surface area (Å²) in [6.07, 6.45) is 4.19. The molecule has 0 aliphatic rings. The van der Waals surface area contributed by atoms with Crippen LogP contribution in [-0.2, 0) is 24.8 Å². The van der Waals surface area contributed by atoms with Crippen molar-refractivity contribution >= 4 is 43.0 Å². The van der Waals surface area contributed by atoms with Crippen LogP contribution in [0, 0.1) is 0 Å². The second-order valence-electron chi connectivity index (χ2n) is 7.18. The van der Waals surface area contributed by atoms with E-state index in [1.54, 1.807) is 49.4 Å². The quantitative estimate of drug-likeness (QED) is 0.477. The molecular formula is C22H24N4O5S2. The van der Waals surface area contributed by atoms with E-state index < -0.39 is 32.0 Å². The molecule has 1 atom stereocenters. The molecule has 0 radical (unpaired) electrons. The van der Waals surface area contributed by atoms with Gasteiger partial charge in [0.2, 0.25) is 15.9 Å². The largest absolute Gasteiger partial charge is 0.324 e. The van der Waals surface area contributed by atoms with Gasteiger partial charge in [0.25, 0.3) is 10.0 Å². The fraction of sp³-hybridized carbons (Fsp3) is 0.182. The lowest BCUT2D eigenvalue weighted by molar-refractivity contribution is -0.117. The molecule has 33 heavy (non-hydrogen) atoms. The summed E-state index contributed by atoms with van der Waals surface area (Å²) in [6, 6.07) is 16.1. The predicted molar refractivity (Wildman–Crippen MR) is 128 cm³/mol. The van der Waals surface area contributed by atoms with Gasteiger partial charge in [0.1, 0.15) is 6.04 Å². The van der Waals surface area contributed by atoms with Gasteiger partial charge in [0, 0.05) is 11.9 Å². The molecule has 0 bridgehead atoms. The molecule has 1 heterocycles. The van der Waals surface area contributed by atoms with Gasteiger partial charge in [0.05, 0.1) is 28.7 Å². The van der Waals surface area contributed by atoms with Crippen molar-refractivity contribution in [2.24, 2.45) is 0 Å². The molecule has 174 valence electrons. The van der Waals surface area contributed by atoms with Crippen molar-refractivity contribution in [3.8, 4) is 0 Å². The van der Waals surface area contributed by atoms with E-state index in [-0.39, 0.29) is 11.3 Å². The van der Waals surface area contributed by atoms with E-state index >= 15 is 0 Å². The Balaban J connectivity index is 1.79. The number of hydrogen-bond acceptors (Lipinski definition) is 6. The molecule has 0 aliphatic heterocycles. The van der Waals surface area contributed by atoms with E-state index in [0.29, 0.717) is 17.1 Å². The molecule has 11 heteroatoms. The van der Waals surface area contributed by atoms with Gasteiger partial charge in [-0.3, -0.25) is 18.8 Å². The molecule has 0 spiro atoms. The Morgan fingerprint density at radius 1 is 0.939 bits per heavy atom. The number of hydrogen-bond donors (Lipinski definition) is 2. The molecule has 3 aromatic rings. The van der Waals surface area contributed by atoms with Crippen LogP contribution in [0.3, 0.4) is 0 Å². The maximum Gasteiger partial charge on any atom is 0.261 e. The van der Waals surface area contributed by atoms with E-state index in [0.717, 1.165) is 10.6 Å². The summed E-state index contributed by atoms with van der Waals surface area (Å²) in [6.45, 7) is 1.71. The van der Waals surface area contributed by atoms with Crippen LogP contribution in [0.2, 0.25) is 0 Å². The zero-order valence-corrected chi connectivity index (χ0v) is 19.7. The van der Waals surface area contributed by atoms with Crippen LogP contribution >= 0.6 is 0 Å². The van der Waals surface area contributed by atoms with Crippen molar-refractivity contribution in [1.29, 1.82) is 0 Å². The molecule has 3 rings (SSSR count). The number of sulfonamides is 2. The number of amides is 1. The summed E-state index contributed by atoms with van der Waals surface area (Å²) < 4.78 is 53.5. The number of carbonyl (C=O) groups excluding carboxylic acids is 1. The van der Waals surface area contributed by atoms with E-state index in [1.165, 1.54) is 36.7 Å². The van der Waals surface area contributed by atoms with E-state index in [2.05, 4.69) is 15.0 Å². The Morgan fingerprint density at radius 3 is 2.15 bits per heavy atom. The van der Waals surface area contributed by atoms with Gasteiger partial charge in [-0.2, -0.15) is 0 Å². The third kappa shape index (κ3) is 6.08. The minimum absolute atomic E-state index is 0.00144. The second-order valence-corrected chi connectivity index (χ2v) is 10.7. The number of anilines is 3. The average molecular weight is 489 g/mol. The third-order valence-corrected chi connectivity index (χ3v) is 7.26. The predicted octanol–water partition coefficient (Wildman–Crippen LogP) is 3.07. The highest BCUT2D eigenvalue weighted by atomic mass is 32.2. The summed E-state index contributed by atoms with van der Waals surface area (Å²) in [4.78, 5) is 16.8. The minimum Gasteiger partial charge on any atom is -0.324 e. The first-order valence-electron chi connectivity index (χ1n) is 10.00. The summed E-state index contributed by atoms with van der Waals surface area (Å²) in [7, 11) is -7.58. The van der Waals surface area contributed by atoms with Crippen LogP contribution in [0.25, 0.3) is 0 Å². The van der Waals surface area contributed by atoms with Gasteiger partial charge in [0.15, 0.2) is 0 Å². The molecule has 0 saturated carbocycles. The topological polar surface area (TPSA) is 126 Å². The molecule has 0 fully saturated rings. The Morgan fingerprint density at radius 2 is 1.61 bits per heavy atom. The van der Waals surface area contributed by atoms with Crippen molar-refractivity contribution in [1.82, 2.24) is 4.98 Å². The van der Waals surface area contributed by atoms with Crippen LogP contribution in [0.5, 0.6) is 0 Å². The minimum atomic E-state index is -3.84. The first-order chi connectivity index (χ1) is 15.6. The summed E-state index contributed by atoms with van der Waals surface area (Å²) >= 11 is 0. The highest BCUT2D eigenvalue weighted by molar-refractivity contribution is 7.92. The van der Waals surface area contributed by atoms with Gasteiger partial charge in [-0.15, -0.1) is 0 Å². The van der Waals surface area contributed by atoms with Crippen LogP contribution in [0.15, 0.2) is 84.0 Å². The summed E-state index contributed by atoms with van der Waals surface area (Å²) in [5.41, 5.74) is 1.03. The Bertz CT molecular complexity index is 1300. The van der Waals surface area contributed by atoms with Gasteiger partial charge < -0.3 is 5.32 Å². The normalized spacial score (nSPS) is 12.5. The lowest BCUT2D eigenvalue weighted by Crippen LogP contribution is -2.46. The van der Waals surface area contributed by atoms with Gasteiger partial charge in [-0.1, -0.05) is 25.1 Å². The third-order valence-electron chi connectivity index (χ3n) is 4.69. The molecular weight excluding hydrogens is 464 g/mol.